The van der Waals surface area contributed by atoms with E-state index in [-0.39, 0.29) is 12.2 Å². The zero-order chi connectivity index (χ0) is 18.6. The van der Waals surface area contributed by atoms with Gasteiger partial charge >= 0.3 is 0 Å². The number of rotatable bonds is 20. The largest absolute Gasteiger partial charge is 0.273 e. The molecule has 0 aliphatic heterocycles. The molecule has 2 atom stereocenters. The van der Waals surface area contributed by atoms with Crippen molar-refractivity contribution in [2.75, 3.05) is 0 Å². The van der Waals surface area contributed by atoms with Crippen molar-refractivity contribution < 1.29 is 9.68 Å². The first-order chi connectivity index (χ1) is 12.3. The molecule has 0 aliphatic carbocycles. The summed E-state index contributed by atoms with van der Waals surface area (Å²) < 4.78 is 0. The van der Waals surface area contributed by atoms with Crippen LogP contribution in [-0.2, 0) is 9.68 Å². The minimum atomic E-state index is 0.276. The average molecular weight is 358 g/mol. The maximum Gasteiger partial charge on any atom is 0.0814 e. The quantitative estimate of drug-likeness (QED) is 0.181. The van der Waals surface area contributed by atoms with Crippen LogP contribution in [0.25, 0.3) is 0 Å². The van der Waals surface area contributed by atoms with E-state index < -0.39 is 0 Å². The third kappa shape index (κ3) is 17.1. The highest BCUT2D eigenvalue weighted by molar-refractivity contribution is 4.57. The normalized spacial score (nSPS) is 13.9. The second kappa shape index (κ2) is 20.2. The minimum absolute atomic E-state index is 0.276. The molecule has 152 valence electrons. The smallest absolute Gasteiger partial charge is 0.0814 e. The monoisotopic (exact) mass is 357 g/mol. The predicted molar refractivity (Wildman–Crippen MR) is 109 cm³/mol. The maximum atomic E-state index is 5.74. The Hall–Kier alpha value is -0.120. The molecule has 0 spiro atoms. The molecule has 3 heteroatoms. The van der Waals surface area contributed by atoms with Crippen LogP contribution in [0.2, 0.25) is 0 Å². The lowest BCUT2D eigenvalue weighted by Crippen LogP contribution is -2.28. The first-order valence-corrected chi connectivity index (χ1v) is 11.3. The van der Waals surface area contributed by atoms with Crippen LogP contribution in [-0.4, -0.2) is 12.2 Å². The van der Waals surface area contributed by atoms with Crippen LogP contribution in [0, 0.1) is 0 Å². The molecule has 0 amide bonds. The number of nitrogens with one attached hydrogen (secondary N) is 1. The summed E-state index contributed by atoms with van der Waals surface area (Å²) in [4.78, 5) is 11.5. The lowest BCUT2D eigenvalue weighted by molar-refractivity contribution is -0.225. The van der Waals surface area contributed by atoms with Crippen molar-refractivity contribution in [3.05, 3.63) is 0 Å². The average Bonchev–Trinajstić information content (AvgIpc) is 2.64. The van der Waals surface area contributed by atoms with Gasteiger partial charge in [0.25, 0.3) is 0 Å². The van der Waals surface area contributed by atoms with Gasteiger partial charge in [-0.1, -0.05) is 110 Å². The summed E-state index contributed by atoms with van der Waals surface area (Å²) >= 11 is 0. The molecule has 1 N–H and O–H groups in total. The van der Waals surface area contributed by atoms with Crippen LogP contribution >= 0.6 is 0 Å². The Balaban J connectivity index is 3.62. The van der Waals surface area contributed by atoms with E-state index in [1.165, 1.54) is 77.0 Å². The Bertz CT molecular complexity index is 224. The van der Waals surface area contributed by atoms with Gasteiger partial charge in [-0.2, -0.15) is 0 Å². The van der Waals surface area contributed by atoms with Crippen LogP contribution in [0.5, 0.6) is 0 Å². The summed E-state index contributed by atoms with van der Waals surface area (Å²) in [5, 5.41) is 0. The summed E-state index contributed by atoms with van der Waals surface area (Å²) in [6, 6.07) is 0. The molecule has 25 heavy (non-hydrogen) atoms. The van der Waals surface area contributed by atoms with Crippen LogP contribution in [0.1, 0.15) is 130 Å². The van der Waals surface area contributed by atoms with Gasteiger partial charge < -0.3 is 0 Å². The van der Waals surface area contributed by atoms with Gasteiger partial charge in [0.1, 0.15) is 0 Å². The van der Waals surface area contributed by atoms with Crippen molar-refractivity contribution >= 4 is 0 Å². The zero-order valence-corrected chi connectivity index (χ0v) is 17.8. The summed E-state index contributed by atoms with van der Waals surface area (Å²) in [5.41, 5.74) is 2.81. The van der Waals surface area contributed by atoms with Gasteiger partial charge in [-0.05, 0) is 25.7 Å². The molecule has 0 heterocycles. The molecule has 0 radical (unpaired) electrons. The van der Waals surface area contributed by atoms with Gasteiger partial charge in [-0.25, -0.2) is 0 Å². The lowest BCUT2D eigenvalue weighted by atomic mass is 10.1. The highest BCUT2D eigenvalue weighted by Gasteiger charge is 2.10. The SMILES string of the molecule is CCCCCCCCC(CC)ONOC(CC)CCCCCCCC. The first-order valence-electron chi connectivity index (χ1n) is 11.3. The fourth-order valence-electron chi connectivity index (χ4n) is 3.16. The standard InChI is InChI=1S/C22H47NO2/c1-5-9-11-13-15-17-19-21(7-3)24-23-25-22(8-4)20-18-16-14-12-10-6-2/h21-23H,5-20H2,1-4H3. The van der Waals surface area contributed by atoms with Crippen LogP contribution in [0.4, 0.5) is 0 Å². The van der Waals surface area contributed by atoms with E-state index in [4.69, 9.17) is 9.68 Å². The highest BCUT2D eigenvalue weighted by Crippen LogP contribution is 2.14. The molecule has 0 aromatic rings. The fraction of sp³-hybridized carbons (Fsp3) is 1.00. The van der Waals surface area contributed by atoms with Crippen molar-refractivity contribution in [3.63, 3.8) is 0 Å². The van der Waals surface area contributed by atoms with Crippen LogP contribution in [0.15, 0.2) is 0 Å². The van der Waals surface area contributed by atoms with Crippen LogP contribution in [0.3, 0.4) is 0 Å². The molecular formula is C22H47NO2. The van der Waals surface area contributed by atoms with Crippen molar-refractivity contribution in [2.24, 2.45) is 0 Å². The van der Waals surface area contributed by atoms with E-state index in [9.17, 15) is 0 Å². The Morgan fingerprint density at radius 2 is 0.880 bits per heavy atom. The van der Waals surface area contributed by atoms with Gasteiger partial charge in [-0.15, -0.1) is 0 Å². The molecule has 2 unspecified atom stereocenters. The van der Waals surface area contributed by atoms with Crippen molar-refractivity contribution in [1.82, 2.24) is 5.64 Å². The number of hydrogen-bond donors (Lipinski definition) is 1. The number of unbranched alkanes of at least 4 members (excludes halogenated alkanes) is 10. The van der Waals surface area contributed by atoms with E-state index in [1.54, 1.807) is 0 Å². The Kier molecular flexibility index (Phi) is 20.1. The topological polar surface area (TPSA) is 30.5 Å². The van der Waals surface area contributed by atoms with E-state index in [2.05, 4.69) is 33.3 Å². The second-order valence-electron chi connectivity index (χ2n) is 7.49. The summed E-state index contributed by atoms with van der Waals surface area (Å²) in [5.74, 6) is 0. The third-order valence-electron chi connectivity index (χ3n) is 5.10. The first kappa shape index (κ1) is 24.9. The predicted octanol–water partition coefficient (Wildman–Crippen LogP) is 7.50. The van der Waals surface area contributed by atoms with Gasteiger partial charge in [-0.3, -0.25) is 9.68 Å². The van der Waals surface area contributed by atoms with Crippen molar-refractivity contribution in [2.45, 2.75) is 143 Å². The summed E-state index contributed by atoms with van der Waals surface area (Å²) in [6.45, 7) is 8.92. The molecule has 0 aromatic heterocycles. The Morgan fingerprint density at radius 1 is 0.520 bits per heavy atom. The van der Waals surface area contributed by atoms with E-state index in [1.807, 2.05) is 0 Å². The summed E-state index contributed by atoms with van der Waals surface area (Å²) in [6.07, 6.45) is 21.0. The highest BCUT2D eigenvalue weighted by atomic mass is 16.9. The molecular weight excluding hydrogens is 310 g/mol. The molecule has 0 saturated carbocycles. The van der Waals surface area contributed by atoms with Gasteiger partial charge in [0.2, 0.25) is 0 Å². The zero-order valence-electron chi connectivity index (χ0n) is 17.8. The van der Waals surface area contributed by atoms with Crippen molar-refractivity contribution in [1.29, 1.82) is 0 Å². The Morgan fingerprint density at radius 3 is 1.24 bits per heavy atom. The van der Waals surface area contributed by atoms with Gasteiger partial charge in [0.15, 0.2) is 0 Å². The third-order valence-corrected chi connectivity index (χ3v) is 5.10. The van der Waals surface area contributed by atoms with Gasteiger partial charge in [0.05, 0.1) is 12.2 Å². The van der Waals surface area contributed by atoms with Crippen molar-refractivity contribution in [3.8, 4) is 0 Å². The number of hydrogen-bond acceptors (Lipinski definition) is 3. The Labute approximate surface area is 158 Å². The van der Waals surface area contributed by atoms with Crippen LogP contribution < -0.4 is 5.64 Å². The maximum absolute atomic E-state index is 5.74. The minimum Gasteiger partial charge on any atom is -0.273 e. The lowest BCUT2D eigenvalue weighted by Gasteiger charge is -2.20. The van der Waals surface area contributed by atoms with E-state index in [0.29, 0.717) is 0 Å². The molecule has 3 nitrogen and oxygen atoms in total. The van der Waals surface area contributed by atoms with Gasteiger partial charge in [0, 0.05) is 0 Å². The summed E-state index contributed by atoms with van der Waals surface area (Å²) in [7, 11) is 0. The molecule has 0 bridgehead atoms. The second-order valence-corrected chi connectivity index (χ2v) is 7.49. The van der Waals surface area contributed by atoms with E-state index in [0.717, 1.165) is 25.7 Å². The molecule has 0 aromatic carbocycles. The molecule has 0 rings (SSSR count). The molecule has 0 aliphatic rings. The molecule has 0 fully saturated rings. The fourth-order valence-corrected chi connectivity index (χ4v) is 3.16. The molecule has 0 saturated heterocycles. The van der Waals surface area contributed by atoms with E-state index >= 15 is 0 Å².